The number of aromatic nitrogens is 2. The van der Waals surface area contributed by atoms with E-state index in [0.29, 0.717) is 11.8 Å². The summed E-state index contributed by atoms with van der Waals surface area (Å²) in [6.07, 6.45) is 0.766. The highest BCUT2D eigenvalue weighted by molar-refractivity contribution is 6.17. The van der Waals surface area contributed by atoms with Crippen molar-refractivity contribution in [2.24, 2.45) is 0 Å². The van der Waals surface area contributed by atoms with E-state index in [-0.39, 0.29) is 0 Å². The molecule has 3 heteroatoms. The van der Waals surface area contributed by atoms with Crippen molar-refractivity contribution in [3.8, 4) is 5.69 Å². The van der Waals surface area contributed by atoms with Crippen LogP contribution in [0.1, 0.15) is 31.2 Å². The topological polar surface area (TPSA) is 17.8 Å². The van der Waals surface area contributed by atoms with E-state index in [4.69, 9.17) is 16.6 Å². The third-order valence-electron chi connectivity index (χ3n) is 3.77. The van der Waals surface area contributed by atoms with E-state index in [2.05, 4.69) is 48.7 Å². The molecule has 0 saturated carbocycles. The van der Waals surface area contributed by atoms with Crippen LogP contribution in [0.3, 0.4) is 0 Å². The summed E-state index contributed by atoms with van der Waals surface area (Å²) in [7, 11) is 0. The van der Waals surface area contributed by atoms with Crippen molar-refractivity contribution in [3.05, 3.63) is 59.9 Å². The first-order valence-corrected chi connectivity index (χ1v) is 7.87. The highest BCUT2D eigenvalue weighted by Crippen LogP contribution is 2.24. The molecule has 0 fully saturated rings. The second kappa shape index (κ2) is 5.90. The van der Waals surface area contributed by atoms with Gasteiger partial charge in [-0.25, -0.2) is 4.98 Å². The fraction of sp³-hybridized carbons (Fsp3) is 0.278. The van der Waals surface area contributed by atoms with Crippen LogP contribution < -0.4 is 0 Å². The van der Waals surface area contributed by atoms with Crippen molar-refractivity contribution >= 4 is 22.6 Å². The molecule has 0 amide bonds. The van der Waals surface area contributed by atoms with Crippen LogP contribution in [0, 0.1) is 0 Å². The number of benzene rings is 2. The van der Waals surface area contributed by atoms with E-state index < -0.39 is 0 Å². The molecule has 0 aliphatic carbocycles. The SMILES string of the molecule is CC(C)c1ccc(-n2c(CCCl)nc3ccccc32)cc1. The van der Waals surface area contributed by atoms with E-state index in [0.717, 1.165) is 29.0 Å². The summed E-state index contributed by atoms with van der Waals surface area (Å²) in [5, 5.41) is 0. The van der Waals surface area contributed by atoms with Crippen LogP contribution >= 0.6 is 11.6 Å². The lowest BCUT2D eigenvalue weighted by Gasteiger charge is -2.11. The number of alkyl halides is 1. The Morgan fingerprint density at radius 1 is 1.05 bits per heavy atom. The maximum Gasteiger partial charge on any atom is 0.115 e. The number of halogens is 1. The van der Waals surface area contributed by atoms with Gasteiger partial charge in [-0.3, -0.25) is 4.57 Å². The van der Waals surface area contributed by atoms with Gasteiger partial charge in [-0.05, 0) is 35.7 Å². The quantitative estimate of drug-likeness (QED) is 0.624. The fourth-order valence-electron chi connectivity index (χ4n) is 2.62. The fourth-order valence-corrected chi connectivity index (χ4v) is 2.79. The first kappa shape index (κ1) is 14.2. The summed E-state index contributed by atoms with van der Waals surface area (Å²) in [4.78, 5) is 4.71. The van der Waals surface area contributed by atoms with Gasteiger partial charge in [0.25, 0.3) is 0 Å². The van der Waals surface area contributed by atoms with Crippen molar-refractivity contribution in [1.29, 1.82) is 0 Å². The summed E-state index contributed by atoms with van der Waals surface area (Å²) in [5.41, 5.74) is 4.65. The lowest BCUT2D eigenvalue weighted by atomic mass is 10.0. The minimum Gasteiger partial charge on any atom is -0.296 e. The van der Waals surface area contributed by atoms with Gasteiger partial charge in [0.15, 0.2) is 0 Å². The summed E-state index contributed by atoms with van der Waals surface area (Å²) in [6.45, 7) is 4.42. The molecule has 0 bridgehead atoms. The molecular weight excluding hydrogens is 280 g/mol. The predicted octanol–water partition coefficient (Wildman–Crippen LogP) is 4.93. The smallest absolute Gasteiger partial charge is 0.115 e. The monoisotopic (exact) mass is 298 g/mol. The number of para-hydroxylation sites is 2. The molecule has 2 nitrogen and oxygen atoms in total. The van der Waals surface area contributed by atoms with Crippen LogP contribution in [0.25, 0.3) is 16.7 Å². The zero-order chi connectivity index (χ0) is 14.8. The molecule has 0 aliphatic heterocycles. The van der Waals surface area contributed by atoms with E-state index in [1.165, 1.54) is 5.56 Å². The Hall–Kier alpha value is -1.80. The van der Waals surface area contributed by atoms with E-state index >= 15 is 0 Å². The highest BCUT2D eigenvalue weighted by Gasteiger charge is 2.11. The van der Waals surface area contributed by atoms with Crippen LogP contribution in [-0.2, 0) is 6.42 Å². The Balaban J connectivity index is 2.15. The Bertz CT molecular complexity index is 742. The molecule has 1 heterocycles. The molecule has 0 N–H and O–H groups in total. The zero-order valence-electron chi connectivity index (χ0n) is 12.4. The van der Waals surface area contributed by atoms with Gasteiger partial charge >= 0.3 is 0 Å². The maximum atomic E-state index is 5.94. The molecule has 0 unspecified atom stereocenters. The minimum atomic E-state index is 0.542. The van der Waals surface area contributed by atoms with Gasteiger partial charge in [0.05, 0.1) is 11.0 Å². The lowest BCUT2D eigenvalue weighted by molar-refractivity contribution is 0.862. The van der Waals surface area contributed by atoms with Crippen LogP contribution in [0.5, 0.6) is 0 Å². The molecule has 0 saturated heterocycles. The molecule has 2 aromatic carbocycles. The first-order valence-electron chi connectivity index (χ1n) is 7.33. The van der Waals surface area contributed by atoms with E-state index in [9.17, 15) is 0 Å². The third-order valence-corrected chi connectivity index (χ3v) is 3.96. The van der Waals surface area contributed by atoms with Crippen LogP contribution in [0.15, 0.2) is 48.5 Å². The predicted molar refractivity (Wildman–Crippen MR) is 89.6 cm³/mol. The Labute approximate surface area is 130 Å². The molecule has 108 valence electrons. The largest absolute Gasteiger partial charge is 0.296 e. The van der Waals surface area contributed by atoms with Crippen molar-refractivity contribution in [2.75, 3.05) is 5.88 Å². The summed E-state index contributed by atoms with van der Waals surface area (Å²) in [6, 6.07) is 16.9. The molecular formula is C18H19ClN2. The number of imidazole rings is 1. The second-order valence-electron chi connectivity index (χ2n) is 5.54. The molecule has 0 atom stereocenters. The summed E-state index contributed by atoms with van der Waals surface area (Å²) in [5.74, 6) is 2.14. The Morgan fingerprint density at radius 3 is 2.43 bits per heavy atom. The normalized spacial score (nSPS) is 11.4. The van der Waals surface area contributed by atoms with Gasteiger partial charge in [0.2, 0.25) is 0 Å². The van der Waals surface area contributed by atoms with Crippen molar-refractivity contribution in [2.45, 2.75) is 26.2 Å². The van der Waals surface area contributed by atoms with Gasteiger partial charge in [-0.15, -0.1) is 11.6 Å². The molecule has 1 aromatic heterocycles. The molecule has 3 aromatic rings. The van der Waals surface area contributed by atoms with Gasteiger partial charge < -0.3 is 0 Å². The van der Waals surface area contributed by atoms with Gasteiger partial charge in [0, 0.05) is 18.0 Å². The standard InChI is InChI=1S/C18H19ClN2/c1-13(2)14-7-9-15(10-8-14)21-17-6-4-3-5-16(17)20-18(21)11-12-19/h3-10,13H,11-12H2,1-2H3. The number of hydrogen-bond donors (Lipinski definition) is 0. The van der Waals surface area contributed by atoms with Crippen LogP contribution in [0.2, 0.25) is 0 Å². The van der Waals surface area contributed by atoms with Crippen molar-refractivity contribution in [1.82, 2.24) is 9.55 Å². The average Bonchev–Trinajstić information content (AvgIpc) is 2.85. The molecule has 0 spiro atoms. The van der Waals surface area contributed by atoms with Crippen LogP contribution in [-0.4, -0.2) is 15.4 Å². The number of hydrogen-bond acceptors (Lipinski definition) is 1. The lowest BCUT2D eigenvalue weighted by Crippen LogP contribution is -2.02. The summed E-state index contributed by atoms with van der Waals surface area (Å²) < 4.78 is 2.21. The third kappa shape index (κ3) is 2.68. The maximum absolute atomic E-state index is 5.94. The number of aryl methyl sites for hydroxylation is 1. The minimum absolute atomic E-state index is 0.542. The Morgan fingerprint density at radius 2 is 1.76 bits per heavy atom. The second-order valence-corrected chi connectivity index (χ2v) is 5.92. The number of fused-ring (bicyclic) bond motifs is 1. The molecule has 21 heavy (non-hydrogen) atoms. The van der Waals surface area contributed by atoms with Crippen LogP contribution in [0.4, 0.5) is 0 Å². The summed E-state index contributed by atoms with van der Waals surface area (Å²) >= 11 is 5.94. The van der Waals surface area contributed by atoms with E-state index in [1.807, 2.05) is 18.2 Å². The molecule has 0 radical (unpaired) electrons. The highest BCUT2D eigenvalue weighted by atomic mass is 35.5. The zero-order valence-corrected chi connectivity index (χ0v) is 13.1. The van der Waals surface area contributed by atoms with Crippen molar-refractivity contribution in [3.63, 3.8) is 0 Å². The first-order chi connectivity index (χ1) is 10.2. The number of nitrogens with zero attached hydrogens (tertiary/aromatic N) is 2. The van der Waals surface area contributed by atoms with Crippen molar-refractivity contribution < 1.29 is 0 Å². The van der Waals surface area contributed by atoms with Gasteiger partial charge in [-0.2, -0.15) is 0 Å². The van der Waals surface area contributed by atoms with Gasteiger partial charge in [-0.1, -0.05) is 38.1 Å². The van der Waals surface area contributed by atoms with E-state index in [1.54, 1.807) is 0 Å². The number of rotatable bonds is 4. The average molecular weight is 299 g/mol. The van der Waals surface area contributed by atoms with Gasteiger partial charge in [0.1, 0.15) is 5.82 Å². The Kier molecular flexibility index (Phi) is 3.98. The molecule has 0 aliphatic rings. The molecule has 3 rings (SSSR count).